The largest absolute Gasteiger partial charge is 0.481 e. The Balaban J connectivity index is 2.32. The summed E-state index contributed by atoms with van der Waals surface area (Å²) in [5, 5.41) is 9.04. The lowest BCUT2D eigenvalue weighted by atomic mass is 9.95. The molecule has 0 heterocycles. The summed E-state index contributed by atoms with van der Waals surface area (Å²) < 4.78 is 0. The van der Waals surface area contributed by atoms with Crippen LogP contribution >= 0.6 is 0 Å². The van der Waals surface area contributed by atoms with Crippen molar-refractivity contribution in [2.75, 3.05) is 0 Å². The Morgan fingerprint density at radius 2 is 1.73 bits per heavy atom. The molecule has 3 N–H and O–H groups in total. The van der Waals surface area contributed by atoms with Crippen molar-refractivity contribution in [3.8, 4) is 0 Å². The van der Waals surface area contributed by atoms with Gasteiger partial charge in [0.25, 0.3) is 0 Å². The maximum absolute atomic E-state index is 11.0. The maximum atomic E-state index is 11.0. The number of carboxylic acid groups (broad SMARTS) is 1. The lowest BCUT2D eigenvalue weighted by molar-refractivity contribution is -0.140. The molecule has 0 aliphatic heterocycles. The molecule has 0 saturated heterocycles. The highest BCUT2D eigenvalue weighted by molar-refractivity contribution is 5.93. The molecule has 1 saturated carbocycles. The lowest BCUT2D eigenvalue weighted by Crippen LogP contribution is -2.19. The zero-order chi connectivity index (χ0) is 11.1. The van der Waals surface area contributed by atoms with Gasteiger partial charge < -0.3 is 10.8 Å². The van der Waals surface area contributed by atoms with E-state index in [1.807, 2.05) is 0 Å². The molecule has 0 unspecified atom stereocenters. The molecular formula is C11H11NO3. The zero-order valence-electron chi connectivity index (χ0n) is 8.06. The van der Waals surface area contributed by atoms with E-state index < -0.39 is 17.3 Å². The van der Waals surface area contributed by atoms with Crippen LogP contribution in [0.4, 0.5) is 0 Å². The number of benzene rings is 1. The molecule has 0 aromatic heterocycles. The van der Waals surface area contributed by atoms with Gasteiger partial charge in [-0.25, -0.2) is 0 Å². The van der Waals surface area contributed by atoms with Crippen LogP contribution in [0.2, 0.25) is 0 Å². The molecule has 1 aliphatic carbocycles. The molecule has 4 heteroatoms. The van der Waals surface area contributed by atoms with Gasteiger partial charge in [0.1, 0.15) is 0 Å². The molecule has 1 aromatic rings. The van der Waals surface area contributed by atoms with Gasteiger partial charge in [0.05, 0.1) is 5.41 Å². The fraction of sp³-hybridized carbons (Fsp3) is 0.273. The SMILES string of the molecule is NC(=O)c1ccc(C2(C(=O)O)CC2)cc1. The number of hydrogen-bond acceptors (Lipinski definition) is 2. The first-order valence-electron chi connectivity index (χ1n) is 4.70. The summed E-state index contributed by atoms with van der Waals surface area (Å²) in [6, 6.07) is 6.48. The number of hydrogen-bond donors (Lipinski definition) is 2. The fourth-order valence-electron chi connectivity index (χ4n) is 1.70. The van der Waals surface area contributed by atoms with Crippen molar-refractivity contribution >= 4 is 11.9 Å². The van der Waals surface area contributed by atoms with E-state index in [2.05, 4.69) is 0 Å². The number of nitrogens with two attached hydrogens (primary N) is 1. The number of carboxylic acids is 1. The van der Waals surface area contributed by atoms with E-state index >= 15 is 0 Å². The standard InChI is InChI=1S/C11H11NO3/c12-9(13)7-1-3-8(4-2-7)11(5-6-11)10(14)15/h1-4H,5-6H2,(H2,12,13)(H,14,15). The molecule has 1 aromatic carbocycles. The molecule has 15 heavy (non-hydrogen) atoms. The normalized spacial score (nSPS) is 17.1. The molecule has 1 aliphatic rings. The number of rotatable bonds is 3. The Kier molecular flexibility index (Phi) is 2.00. The number of aliphatic carboxylic acids is 1. The van der Waals surface area contributed by atoms with Crippen LogP contribution in [-0.4, -0.2) is 17.0 Å². The first-order valence-corrected chi connectivity index (χ1v) is 4.70. The Labute approximate surface area is 86.7 Å². The van der Waals surface area contributed by atoms with Crippen LogP contribution in [0, 0.1) is 0 Å². The highest BCUT2D eigenvalue weighted by Crippen LogP contribution is 2.48. The van der Waals surface area contributed by atoms with Crippen molar-refractivity contribution < 1.29 is 14.7 Å². The van der Waals surface area contributed by atoms with Gasteiger partial charge in [0.15, 0.2) is 0 Å². The van der Waals surface area contributed by atoms with Crippen molar-refractivity contribution in [2.24, 2.45) is 5.73 Å². The van der Waals surface area contributed by atoms with Gasteiger partial charge in [-0.15, -0.1) is 0 Å². The minimum absolute atomic E-state index is 0.403. The average molecular weight is 205 g/mol. The summed E-state index contributed by atoms with van der Waals surface area (Å²) >= 11 is 0. The zero-order valence-corrected chi connectivity index (χ0v) is 8.06. The molecule has 1 fully saturated rings. The third kappa shape index (κ3) is 1.48. The first-order chi connectivity index (χ1) is 7.06. The van der Waals surface area contributed by atoms with E-state index in [0.29, 0.717) is 18.4 Å². The monoisotopic (exact) mass is 205 g/mol. The second kappa shape index (κ2) is 3.08. The Bertz CT molecular complexity index is 418. The Morgan fingerprint density at radius 1 is 1.20 bits per heavy atom. The van der Waals surface area contributed by atoms with Crippen LogP contribution in [0.3, 0.4) is 0 Å². The summed E-state index contributed by atoms with van der Waals surface area (Å²) in [4.78, 5) is 21.8. The van der Waals surface area contributed by atoms with Gasteiger partial charge in [-0.05, 0) is 30.5 Å². The van der Waals surface area contributed by atoms with E-state index in [0.717, 1.165) is 5.56 Å². The predicted molar refractivity (Wildman–Crippen MR) is 53.5 cm³/mol. The molecule has 0 bridgehead atoms. The van der Waals surface area contributed by atoms with E-state index in [1.54, 1.807) is 24.3 Å². The molecule has 1 amide bonds. The molecule has 4 nitrogen and oxygen atoms in total. The number of amides is 1. The Hall–Kier alpha value is -1.84. The third-order valence-electron chi connectivity index (χ3n) is 2.88. The second-order valence-electron chi connectivity index (χ2n) is 3.83. The average Bonchev–Trinajstić information content (AvgIpc) is 2.98. The number of carbonyl (C=O) groups excluding carboxylic acids is 1. The number of primary amides is 1. The Morgan fingerprint density at radius 3 is 2.07 bits per heavy atom. The van der Waals surface area contributed by atoms with Crippen molar-refractivity contribution in [3.63, 3.8) is 0 Å². The number of carbonyl (C=O) groups is 2. The van der Waals surface area contributed by atoms with Gasteiger partial charge in [-0.3, -0.25) is 9.59 Å². The van der Waals surface area contributed by atoms with Crippen LogP contribution in [0.5, 0.6) is 0 Å². The van der Waals surface area contributed by atoms with Crippen LogP contribution in [0.15, 0.2) is 24.3 Å². The van der Waals surface area contributed by atoms with Gasteiger partial charge in [-0.2, -0.15) is 0 Å². The van der Waals surface area contributed by atoms with Crippen molar-refractivity contribution in [3.05, 3.63) is 35.4 Å². The summed E-state index contributed by atoms with van der Waals surface area (Å²) in [5.74, 6) is -1.30. The molecule has 78 valence electrons. The van der Waals surface area contributed by atoms with Gasteiger partial charge in [0.2, 0.25) is 5.91 Å². The summed E-state index contributed by atoms with van der Waals surface area (Å²) in [7, 11) is 0. The van der Waals surface area contributed by atoms with E-state index in [-0.39, 0.29) is 0 Å². The topological polar surface area (TPSA) is 80.4 Å². The summed E-state index contributed by atoms with van der Waals surface area (Å²) in [6.45, 7) is 0. The minimum atomic E-state index is -0.797. The predicted octanol–water partition coefficient (Wildman–Crippen LogP) is 0.902. The first kappa shape index (κ1) is 9.71. The van der Waals surface area contributed by atoms with Crippen molar-refractivity contribution in [1.29, 1.82) is 0 Å². The minimum Gasteiger partial charge on any atom is -0.481 e. The molecule has 0 spiro atoms. The van der Waals surface area contributed by atoms with Gasteiger partial charge in [-0.1, -0.05) is 12.1 Å². The van der Waals surface area contributed by atoms with Crippen LogP contribution < -0.4 is 5.73 Å². The van der Waals surface area contributed by atoms with Crippen LogP contribution in [0.1, 0.15) is 28.8 Å². The van der Waals surface area contributed by atoms with E-state index in [9.17, 15) is 9.59 Å². The van der Waals surface area contributed by atoms with Crippen molar-refractivity contribution in [1.82, 2.24) is 0 Å². The van der Waals surface area contributed by atoms with Gasteiger partial charge in [0, 0.05) is 5.56 Å². The van der Waals surface area contributed by atoms with E-state index in [1.165, 1.54) is 0 Å². The van der Waals surface area contributed by atoms with E-state index in [4.69, 9.17) is 10.8 Å². The lowest BCUT2D eigenvalue weighted by Gasteiger charge is -2.09. The highest BCUT2D eigenvalue weighted by Gasteiger charge is 2.51. The molecule has 2 rings (SSSR count). The van der Waals surface area contributed by atoms with Gasteiger partial charge >= 0.3 is 5.97 Å². The fourth-order valence-corrected chi connectivity index (χ4v) is 1.70. The van der Waals surface area contributed by atoms with Crippen molar-refractivity contribution in [2.45, 2.75) is 18.3 Å². The quantitative estimate of drug-likeness (QED) is 0.769. The molecular weight excluding hydrogens is 194 g/mol. The molecule has 0 atom stereocenters. The summed E-state index contributed by atoms with van der Waals surface area (Å²) in [6.07, 6.45) is 1.33. The maximum Gasteiger partial charge on any atom is 0.314 e. The van der Waals surface area contributed by atoms with Crippen LogP contribution in [-0.2, 0) is 10.2 Å². The molecule has 0 radical (unpaired) electrons. The third-order valence-corrected chi connectivity index (χ3v) is 2.88. The van der Waals surface area contributed by atoms with Crippen LogP contribution in [0.25, 0.3) is 0 Å². The summed E-state index contributed by atoms with van der Waals surface area (Å²) in [5.41, 5.74) is 5.53. The smallest absolute Gasteiger partial charge is 0.314 e. The second-order valence-corrected chi connectivity index (χ2v) is 3.83. The highest BCUT2D eigenvalue weighted by atomic mass is 16.4.